The van der Waals surface area contributed by atoms with Crippen LogP contribution in [0.3, 0.4) is 0 Å². The second-order valence-electron chi connectivity index (χ2n) is 13.1. The standard InChI is InChI=1S/C34H30F7N7O2S/c1-3-24(49)47-13-22(37)23(14-47)46(2)31-18-9-20(34(39,40)41)26(17-5-6-21(36)29-25(17)19(11-42)30(43)51-29)27(38)28(18)44-32(45-31)50-15-33-7-4-8-48(33)12-16(35)10-33/h3,5-6,9,16,22-23H,1,4,7-8,10,12-15,43H2,2H3. The lowest BCUT2D eigenvalue weighted by atomic mass is 9.92. The Hall–Kier alpha value is -4.69. The fourth-order valence-corrected chi connectivity index (χ4v) is 8.70. The number of rotatable bonds is 7. The van der Waals surface area contributed by atoms with E-state index in [0.29, 0.717) is 30.4 Å². The highest BCUT2D eigenvalue weighted by molar-refractivity contribution is 7.23. The predicted molar refractivity (Wildman–Crippen MR) is 177 cm³/mol. The third-order valence-corrected chi connectivity index (χ3v) is 11.2. The molecule has 1 amide bonds. The number of carbonyl (C=O) groups is 1. The first-order chi connectivity index (χ1) is 24.2. The van der Waals surface area contributed by atoms with E-state index in [1.807, 2.05) is 4.90 Å². The monoisotopic (exact) mass is 733 g/mol. The molecule has 3 aliphatic heterocycles. The SMILES string of the molecule is C=CC(=O)N1CC(F)C(N(C)c2nc(OCC34CCCN3CC(F)C4)nc3c(F)c(-c4ccc(F)c5sc(N)c(C#N)c45)c(C(F)(F)F)cc23)C1. The number of ether oxygens (including phenoxy) is 1. The third kappa shape index (κ3) is 5.68. The molecule has 0 aliphatic carbocycles. The van der Waals surface area contributed by atoms with Gasteiger partial charge in [0.05, 0.1) is 34.0 Å². The Kier molecular flexibility index (Phi) is 8.53. The lowest BCUT2D eigenvalue weighted by Gasteiger charge is -2.31. The zero-order chi connectivity index (χ0) is 36.6. The van der Waals surface area contributed by atoms with Crippen molar-refractivity contribution in [1.29, 1.82) is 5.26 Å². The molecule has 0 bridgehead atoms. The van der Waals surface area contributed by atoms with Crippen LogP contribution in [0, 0.1) is 23.0 Å². The number of benzene rings is 2. The highest BCUT2D eigenvalue weighted by atomic mass is 32.1. The number of hydrogen-bond donors (Lipinski definition) is 1. The smallest absolute Gasteiger partial charge is 0.417 e. The normalized spacial score (nSPS) is 23.6. The van der Waals surface area contributed by atoms with E-state index in [4.69, 9.17) is 10.5 Å². The second-order valence-corrected chi connectivity index (χ2v) is 14.1. The van der Waals surface area contributed by atoms with Gasteiger partial charge < -0.3 is 20.3 Å². The summed E-state index contributed by atoms with van der Waals surface area (Å²) in [7, 11) is 1.35. The van der Waals surface area contributed by atoms with Crippen LogP contribution in [0.25, 0.3) is 32.1 Å². The lowest BCUT2D eigenvalue weighted by molar-refractivity contribution is -0.137. The minimum absolute atomic E-state index is 0.105. The number of anilines is 2. The largest absolute Gasteiger partial charge is 0.461 e. The van der Waals surface area contributed by atoms with Crippen molar-refractivity contribution in [3.8, 4) is 23.2 Å². The Morgan fingerprint density at radius 2 is 2.02 bits per heavy atom. The van der Waals surface area contributed by atoms with Gasteiger partial charge in [0.25, 0.3) is 0 Å². The number of likely N-dealkylation sites (tertiary alicyclic amines) is 1. The Balaban J connectivity index is 1.45. The van der Waals surface area contributed by atoms with Crippen LogP contribution in [-0.4, -0.2) is 89.4 Å². The second kappa shape index (κ2) is 12.5. The van der Waals surface area contributed by atoms with Crippen LogP contribution >= 0.6 is 11.3 Å². The summed E-state index contributed by atoms with van der Waals surface area (Å²) in [6.07, 6.45) is -5.41. The molecule has 3 saturated heterocycles. The number of likely N-dealkylation sites (N-methyl/N-ethyl adjacent to an activating group) is 1. The summed E-state index contributed by atoms with van der Waals surface area (Å²) in [6.45, 7) is 3.65. The molecule has 5 heterocycles. The van der Waals surface area contributed by atoms with Crippen molar-refractivity contribution < 1.29 is 40.3 Å². The molecule has 3 fully saturated rings. The third-order valence-electron chi connectivity index (χ3n) is 10.2. The van der Waals surface area contributed by atoms with Crippen molar-refractivity contribution in [2.24, 2.45) is 0 Å². The predicted octanol–water partition coefficient (Wildman–Crippen LogP) is 6.39. The number of nitriles is 1. The summed E-state index contributed by atoms with van der Waals surface area (Å²) in [4.78, 5) is 25.2. The van der Waals surface area contributed by atoms with Crippen molar-refractivity contribution in [2.45, 2.75) is 49.4 Å². The summed E-state index contributed by atoms with van der Waals surface area (Å²) in [5.74, 6) is -3.23. The van der Waals surface area contributed by atoms with E-state index in [0.717, 1.165) is 24.6 Å². The molecule has 4 atom stereocenters. The molecule has 3 aliphatic rings. The number of carbonyl (C=O) groups excluding carboxylic acids is 1. The van der Waals surface area contributed by atoms with Gasteiger partial charge in [-0.1, -0.05) is 12.6 Å². The molecular formula is C34H30F7N7O2S. The van der Waals surface area contributed by atoms with Crippen molar-refractivity contribution in [3.05, 3.63) is 53.6 Å². The van der Waals surface area contributed by atoms with Gasteiger partial charge >= 0.3 is 12.2 Å². The van der Waals surface area contributed by atoms with Gasteiger partial charge in [0.1, 0.15) is 47.2 Å². The number of halogens is 7. The number of nitrogens with two attached hydrogens (primary N) is 1. The number of hydrogen-bond acceptors (Lipinski definition) is 9. The van der Waals surface area contributed by atoms with Gasteiger partial charge in [-0.2, -0.15) is 28.4 Å². The average molecular weight is 734 g/mol. The number of fused-ring (bicyclic) bond motifs is 3. The number of thiophene rings is 1. The van der Waals surface area contributed by atoms with Gasteiger partial charge in [-0.25, -0.2) is 17.6 Å². The van der Waals surface area contributed by atoms with Gasteiger partial charge in [0.2, 0.25) is 5.91 Å². The zero-order valence-corrected chi connectivity index (χ0v) is 27.9. The molecule has 2 N–H and O–H groups in total. The Morgan fingerprint density at radius 1 is 1.25 bits per heavy atom. The first-order valence-corrected chi connectivity index (χ1v) is 16.8. The Bertz CT molecular complexity index is 2140. The van der Waals surface area contributed by atoms with E-state index in [-0.39, 0.29) is 59.1 Å². The first kappa shape index (κ1) is 34.7. The Labute approximate surface area is 290 Å². The highest BCUT2D eigenvalue weighted by Gasteiger charge is 2.49. The molecular weight excluding hydrogens is 703 g/mol. The summed E-state index contributed by atoms with van der Waals surface area (Å²) < 4.78 is 113. The van der Waals surface area contributed by atoms with Crippen molar-refractivity contribution >= 4 is 49.1 Å². The topological polar surface area (TPSA) is 112 Å². The molecule has 4 aromatic rings. The number of alkyl halides is 5. The van der Waals surface area contributed by atoms with Crippen LogP contribution < -0.4 is 15.4 Å². The van der Waals surface area contributed by atoms with Crippen LogP contribution in [0.5, 0.6) is 6.01 Å². The summed E-state index contributed by atoms with van der Waals surface area (Å²) in [6, 6.07) is 2.63. The van der Waals surface area contributed by atoms with E-state index in [2.05, 4.69) is 16.5 Å². The quantitative estimate of drug-likeness (QED) is 0.172. The fourth-order valence-electron chi connectivity index (χ4n) is 7.75. The van der Waals surface area contributed by atoms with E-state index >= 15 is 8.78 Å². The maximum Gasteiger partial charge on any atom is 0.417 e. The molecule has 2 aromatic heterocycles. The summed E-state index contributed by atoms with van der Waals surface area (Å²) >= 11 is 0.638. The number of amides is 1. The van der Waals surface area contributed by atoms with Crippen LogP contribution in [0.15, 0.2) is 30.9 Å². The molecule has 0 radical (unpaired) electrons. The zero-order valence-electron chi connectivity index (χ0n) is 27.0. The van der Waals surface area contributed by atoms with Crippen LogP contribution in [-0.2, 0) is 11.0 Å². The van der Waals surface area contributed by atoms with Gasteiger partial charge in [0.15, 0.2) is 5.82 Å². The minimum Gasteiger partial charge on any atom is -0.461 e. The molecule has 268 valence electrons. The van der Waals surface area contributed by atoms with Crippen molar-refractivity contribution in [1.82, 2.24) is 19.8 Å². The van der Waals surface area contributed by atoms with Gasteiger partial charge in [-0.3, -0.25) is 9.69 Å². The molecule has 51 heavy (non-hydrogen) atoms. The first-order valence-electron chi connectivity index (χ1n) is 16.0. The lowest BCUT2D eigenvalue weighted by Crippen LogP contribution is -2.43. The van der Waals surface area contributed by atoms with E-state index in [1.165, 1.54) is 16.8 Å². The van der Waals surface area contributed by atoms with Gasteiger partial charge in [0, 0.05) is 42.9 Å². The van der Waals surface area contributed by atoms with Crippen LogP contribution in [0.1, 0.15) is 30.4 Å². The molecule has 7 rings (SSSR count). The van der Waals surface area contributed by atoms with E-state index < -0.39 is 81.2 Å². The van der Waals surface area contributed by atoms with Crippen molar-refractivity contribution in [3.63, 3.8) is 0 Å². The molecule has 0 spiro atoms. The van der Waals surface area contributed by atoms with Crippen LogP contribution in [0.2, 0.25) is 0 Å². The molecule has 2 aromatic carbocycles. The summed E-state index contributed by atoms with van der Waals surface area (Å²) in [5, 5.41) is 8.89. The number of nitrogen functional groups attached to an aromatic ring is 1. The fraction of sp³-hybridized carbons (Fsp3) is 0.412. The number of aromatic nitrogens is 2. The van der Waals surface area contributed by atoms with Crippen molar-refractivity contribution in [2.75, 3.05) is 50.5 Å². The molecule has 17 heteroatoms. The van der Waals surface area contributed by atoms with E-state index in [9.17, 15) is 32.0 Å². The van der Waals surface area contributed by atoms with Crippen LogP contribution in [0.4, 0.5) is 41.6 Å². The molecule has 4 unspecified atom stereocenters. The van der Waals surface area contributed by atoms with Gasteiger partial charge in [-0.05, 0) is 43.2 Å². The maximum absolute atomic E-state index is 17.0. The van der Waals surface area contributed by atoms with Gasteiger partial charge in [-0.15, -0.1) is 11.3 Å². The summed E-state index contributed by atoms with van der Waals surface area (Å²) in [5.41, 5.74) is 1.33. The number of nitrogens with zero attached hydrogens (tertiary/aromatic N) is 6. The highest BCUT2D eigenvalue weighted by Crippen LogP contribution is 2.48. The molecule has 0 saturated carbocycles. The maximum atomic E-state index is 17.0. The average Bonchev–Trinajstić information content (AvgIpc) is 3.83. The minimum atomic E-state index is -5.20. The molecule has 9 nitrogen and oxygen atoms in total. The van der Waals surface area contributed by atoms with E-state index in [1.54, 1.807) is 6.07 Å². The Morgan fingerprint density at radius 3 is 2.73 bits per heavy atom.